The standard InChI is InChI=1S/C15H15BrClNO2S/c16-15-4-2-1-3-13(15)11-18-21(19,20)14-7-5-12(6-8-14)9-10-17/h1-8,18H,9-11H2. The smallest absolute Gasteiger partial charge is 0.207 e. The summed E-state index contributed by atoms with van der Waals surface area (Å²) < 4.78 is 27.9. The van der Waals surface area contributed by atoms with E-state index in [9.17, 15) is 8.42 Å². The van der Waals surface area contributed by atoms with Gasteiger partial charge in [0, 0.05) is 16.9 Å². The van der Waals surface area contributed by atoms with Crippen LogP contribution in [0.25, 0.3) is 0 Å². The highest BCUT2D eigenvalue weighted by molar-refractivity contribution is 9.10. The fourth-order valence-corrected chi connectivity index (χ4v) is 3.49. The Morgan fingerprint density at radius 2 is 1.71 bits per heavy atom. The van der Waals surface area contributed by atoms with Gasteiger partial charge in [-0.2, -0.15) is 0 Å². The molecule has 6 heteroatoms. The lowest BCUT2D eigenvalue weighted by atomic mass is 10.2. The van der Waals surface area contributed by atoms with Gasteiger partial charge in [0.2, 0.25) is 10.0 Å². The van der Waals surface area contributed by atoms with Crippen molar-refractivity contribution < 1.29 is 8.42 Å². The summed E-state index contributed by atoms with van der Waals surface area (Å²) in [6.07, 6.45) is 0.728. The molecule has 0 bridgehead atoms. The summed E-state index contributed by atoms with van der Waals surface area (Å²) in [7, 11) is -3.51. The largest absolute Gasteiger partial charge is 0.240 e. The highest BCUT2D eigenvalue weighted by Gasteiger charge is 2.14. The molecule has 1 N–H and O–H groups in total. The van der Waals surface area contributed by atoms with E-state index < -0.39 is 10.0 Å². The van der Waals surface area contributed by atoms with Crippen molar-refractivity contribution in [1.29, 1.82) is 0 Å². The first-order valence-corrected chi connectivity index (χ1v) is 9.22. The van der Waals surface area contributed by atoms with Crippen LogP contribution in [-0.4, -0.2) is 14.3 Å². The highest BCUT2D eigenvalue weighted by atomic mass is 79.9. The lowest BCUT2D eigenvalue weighted by Crippen LogP contribution is -2.23. The second-order valence-corrected chi connectivity index (χ2v) is 7.50. The predicted octanol–water partition coefficient (Wildman–Crippen LogP) is 3.71. The zero-order valence-corrected chi connectivity index (χ0v) is 14.4. The summed E-state index contributed by atoms with van der Waals surface area (Å²) in [6.45, 7) is 0.243. The van der Waals surface area contributed by atoms with Crippen molar-refractivity contribution >= 4 is 37.6 Å². The Hall–Kier alpha value is -0.880. The minimum Gasteiger partial charge on any atom is -0.207 e. The first-order valence-electron chi connectivity index (χ1n) is 6.41. The van der Waals surface area contributed by atoms with E-state index >= 15 is 0 Å². The lowest BCUT2D eigenvalue weighted by Gasteiger charge is -2.09. The molecule has 0 radical (unpaired) electrons. The molecule has 2 aromatic rings. The lowest BCUT2D eigenvalue weighted by molar-refractivity contribution is 0.581. The van der Waals surface area contributed by atoms with Gasteiger partial charge >= 0.3 is 0 Å². The second-order valence-electron chi connectivity index (χ2n) is 4.50. The third-order valence-corrected chi connectivity index (χ3v) is 5.41. The van der Waals surface area contributed by atoms with Crippen LogP contribution in [0.3, 0.4) is 0 Å². The Morgan fingerprint density at radius 1 is 1.05 bits per heavy atom. The Morgan fingerprint density at radius 3 is 2.33 bits per heavy atom. The average Bonchev–Trinajstić information content (AvgIpc) is 2.47. The molecule has 2 aromatic carbocycles. The van der Waals surface area contributed by atoms with E-state index in [0.717, 1.165) is 22.0 Å². The van der Waals surface area contributed by atoms with Crippen LogP contribution < -0.4 is 4.72 Å². The maximum atomic E-state index is 12.2. The molecule has 0 atom stereocenters. The number of sulfonamides is 1. The zero-order valence-electron chi connectivity index (χ0n) is 11.2. The molecule has 112 valence electrons. The number of nitrogens with one attached hydrogen (secondary N) is 1. The van der Waals surface area contributed by atoms with Crippen LogP contribution in [0, 0.1) is 0 Å². The summed E-state index contributed by atoms with van der Waals surface area (Å²) in [5.74, 6) is 0.520. The van der Waals surface area contributed by atoms with Crippen molar-refractivity contribution in [2.24, 2.45) is 0 Å². The van der Waals surface area contributed by atoms with Gasteiger partial charge in [-0.25, -0.2) is 13.1 Å². The topological polar surface area (TPSA) is 46.2 Å². The highest BCUT2D eigenvalue weighted by Crippen LogP contribution is 2.17. The molecule has 0 fully saturated rings. The minimum absolute atomic E-state index is 0.243. The van der Waals surface area contributed by atoms with Gasteiger partial charge in [0.15, 0.2) is 0 Å². The SMILES string of the molecule is O=S(=O)(NCc1ccccc1Br)c1ccc(CCCl)cc1. The maximum absolute atomic E-state index is 12.2. The molecule has 3 nitrogen and oxygen atoms in total. The number of benzene rings is 2. The predicted molar refractivity (Wildman–Crippen MR) is 89.0 cm³/mol. The van der Waals surface area contributed by atoms with E-state index in [-0.39, 0.29) is 11.4 Å². The van der Waals surface area contributed by atoms with E-state index in [1.54, 1.807) is 24.3 Å². The van der Waals surface area contributed by atoms with Gasteiger partial charge in [0.1, 0.15) is 0 Å². The molecular weight excluding hydrogens is 374 g/mol. The van der Waals surface area contributed by atoms with E-state index in [1.165, 1.54) is 0 Å². The van der Waals surface area contributed by atoms with Crippen LogP contribution in [0.15, 0.2) is 57.9 Å². The fourth-order valence-electron chi connectivity index (χ4n) is 1.84. The minimum atomic E-state index is -3.51. The van der Waals surface area contributed by atoms with E-state index in [2.05, 4.69) is 20.7 Å². The van der Waals surface area contributed by atoms with Crippen LogP contribution in [0.1, 0.15) is 11.1 Å². The normalized spacial score (nSPS) is 11.5. The molecule has 0 aliphatic carbocycles. The molecule has 0 saturated heterocycles. The van der Waals surface area contributed by atoms with Gasteiger partial charge in [-0.1, -0.05) is 46.3 Å². The van der Waals surface area contributed by atoms with Crippen molar-refractivity contribution in [3.63, 3.8) is 0 Å². The van der Waals surface area contributed by atoms with E-state index in [4.69, 9.17) is 11.6 Å². The monoisotopic (exact) mass is 387 g/mol. The number of hydrogen-bond acceptors (Lipinski definition) is 2. The third-order valence-electron chi connectivity index (χ3n) is 3.03. The Bertz CT molecular complexity index is 702. The molecule has 21 heavy (non-hydrogen) atoms. The number of halogens is 2. The Kier molecular flexibility index (Phi) is 5.81. The molecule has 0 spiro atoms. The Balaban J connectivity index is 2.09. The zero-order chi connectivity index (χ0) is 15.3. The van der Waals surface area contributed by atoms with Crippen LogP contribution in [-0.2, 0) is 23.0 Å². The molecule has 0 saturated carbocycles. The molecule has 0 heterocycles. The first kappa shape index (κ1) is 16.5. The molecule has 0 aromatic heterocycles. The summed E-state index contributed by atoms with van der Waals surface area (Å²) in [5, 5.41) is 0. The molecule has 2 rings (SSSR count). The number of rotatable bonds is 6. The van der Waals surface area contributed by atoms with Crippen molar-refractivity contribution in [3.05, 3.63) is 64.1 Å². The van der Waals surface area contributed by atoms with Crippen LogP contribution in [0.4, 0.5) is 0 Å². The fraction of sp³-hybridized carbons (Fsp3) is 0.200. The van der Waals surface area contributed by atoms with Gasteiger partial charge in [-0.3, -0.25) is 0 Å². The van der Waals surface area contributed by atoms with Gasteiger partial charge in [0.05, 0.1) is 4.90 Å². The summed E-state index contributed by atoms with van der Waals surface area (Å²) >= 11 is 9.06. The van der Waals surface area contributed by atoms with Gasteiger partial charge in [0.25, 0.3) is 0 Å². The molecular formula is C15H15BrClNO2S. The van der Waals surface area contributed by atoms with Crippen molar-refractivity contribution in [2.75, 3.05) is 5.88 Å². The summed E-state index contributed by atoms with van der Waals surface area (Å²) in [5.41, 5.74) is 1.91. The second kappa shape index (κ2) is 7.40. The van der Waals surface area contributed by atoms with E-state index in [1.807, 2.05) is 24.3 Å². The van der Waals surface area contributed by atoms with Crippen LogP contribution in [0.5, 0.6) is 0 Å². The number of hydrogen-bond donors (Lipinski definition) is 1. The van der Waals surface area contributed by atoms with Gasteiger partial charge < -0.3 is 0 Å². The van der Waals surface area contributed by atoms with Crippen molar-refractivity contribution in [3.8, 4) is 0 Å². The van der Waals surface area contributed by atoms with Gasteiger partial charge in [-0.05, 0) is 35.7 Å². The molecule has 0 aliphatic heterocycles. The van der Waals surface area contributed by atoms with Crippen molar-refractivity contribution in [1.82, 2.24) is 4.72 Å². The maximum Gasteiger partial charge on any atom is 0.240 e. The summed E-state index contributed by atoms with van der Waals surface area (Å²) in [6, 6.07) is 14.3. The van der Waals surface area contributed by atoms with Crippen LogP contribution in [0.2, 0.25) is 0 Å². The molecule has 0 aliphatic rings. The van der Waals surface area contributed by atoms with Crippen LogP contribution >= 0.6 is 27.5 Å². The number of aryl methyl sites for hydroxylation is 1. The summed E-state index contributed by atoms with van der Waals surface area (Å²) in [4.78, 5) is 0.257. The molecule has 0 unspecified atom stereocenters. The van der Waals surface area contributed by atoms with Gasteiger partial charge in [-0.15, -0.1) is 11.6 Å². The molecule has 0 amide bonds. The van der Waals surface area contributed by atoms with E-state index in [0.29, 0.717) is 5.88 Å². The third kappa shape index (κ3) is 4.54. The first-order chi connectivity index (χ1) is 10.0. The quantitative estimate of drug-likeness (QED) is 0.767. The van der Waals surface area contributed by atoms with Crippen molar-refractivity contribution in [2.45, 2.75) is 17.9 Å². The Labute approximate surface area is 138 Å². The average molecular weight is 389 g/mol. The number of alkyl halides is 1.